The highest BCUT2D eigenvalue weighted by Gasteiger charge is 2.16. The number of hydrogen-bond acceptors (Lipinski definition) is 4. The number of carbonyl (C=O) groups excluding carboxylic acids is 2. The number of aryl methyl sites for hydroxylation is 3. The number of nitrogens with zero attached hydrogens (tertiary/aromatic N) is 1. The van der Waals surface area contributed by atoms with Crippen LogP contribution in [0.2, 0.25) is 0 Å². The summed E-state index contributed by atoms with van der Waals surface area (Å²) in [6, 6.07) is 5.39. The number of nitrogens with one attached hydrogen (secondary N) is 1. The maximum atomic E-state index is 12.2. The van der Waals surface area contributed by atoms with Crippen LogP contribution in [-0.2, 0) is 11.2 Å². The quantitative estimate of drug-likeness (QED) is 0.877. The maximum absolute atomic E-state index is 12.2. The molecule has 1 heterocycles. The second-order valence-electron chi connectivity index (χ2n) is 5.08. The van der Waals surface area contributed by atoms with Crippen LogP contribution in [0.15, 0.2) is 22.7 Å². The third-order valence-electron chi connectivity index (χ3n) is 3.42. The number of benzene rings is 1. The monoisotopic (exact) mass is 286 g/mol. The van der Waals surface area contributed by atoms with Gasteiger partial charge in [-0.15, -0.1) is 0 Å². The fraction of sp³-hybridized carbons (Fsp3) is 0.312. The lowest BCUT2D eigenvalue weighted by Gasteiger charge is -2.11. The fourth-order valence-corrected chi connectivity index (χ4v) is 2.35. The van der Waals surface area contributed by atoms with Gasteiger partial charge in [0.2, 0.25) is 5.91 Å². The van der Waals surface area contributed by atoms with Crippen molar-refractivity contribution in [2.75, 3.05) is 5.32 Å². The topological polar surface area (TPSA) is 72.2 Å². The standard InChI is InChI=1S/C16H18N2O3/c1-9-6-5-7-14(16(9)11(3)19)17-15(20)8-13-10(2)18-21-12(13)4/h5-7H,8H2,1-4H3,(H,17,20). The highest BCUT2D eigenvalue weighted by Crippen LogP contribution is 2.21. The van der Waals surface area contributed by atoms with Crippen molar-refractivity contribution in [2.45, 2.75) is 34.1 Å². The van der Waals surface area contributed by atoms with Crippen LogP contribution in [0.3, 0.4) is 0 Å². The van der Waals surface area contributed by atoms with E-state index < -0.39 is 0 Å². The molecular weight excluding hydrogens is 268 g/mol. The smallest absolute Gasteiger partial charge is 0.229 e. The molecule has 0 saturated heterocycles. The zero-order valence-electron chi connectivity index (χ0n) is 12.6. The first-order valence-corrected chi connectivity index (χ1v) is 6.72. The van der Waals surface area contributed by atoms with Gasteiger partial charge in [0.15, 0.2) is 5.78 Å². The normalized spacial score (nSPS) is 10.5. The van der Waals surface area contributed by atoms with Crippen LogP contribution in [0, 0.1) is 20.8 Å². The highest BCUT2D eigenvalue weighted by atomic mass is 16.5. The van der Waals surface area contributed by atoms with Crippen molar-refractivity contribution in [3.63, 3.8) is 0 Å². The molecule has 1 amide bonds. The number of aromatic nitrogens is 1. The molecule has 1 aromatic carbocycles. The van der Waals surface area contributed by atoms with Crippen molar-refractivity contribution < 1.29 is 14.1 Å². The van der Waals surface area contributed by atoms with Crippen LogP contribution < -0.4 is 5.32 Å². The summed E-state index contributed by atoms with van der Waals surface area (Å²) in [4.78, 5) is 23.9. The number of amides is 1. The second-order valence-corrected chi connectivity index (χ2v) is 5.08. The summed E-state index contributed by atoms with van der Waals surface area (Å²) < 4.78 is 5.04. The van der Waals surface area contributed by atoms with E-state index in [1.807, 2.05) is 19.1 Å². The summed E-state index contributed by atoms with van der Waals surface area (Å²) in [7, 11) is 0. The van der Waals surface area contributed by atoms with Gasteiger partial charge >= 0.3 is 0 Å². The molecule has 0 saturated carbocycles. The Labute approximate surface area is 123 Å². The molecule has 0 atom stereocenters. The Morgan fingerprint density at radius 2 is 1.95 bits per heavy atom. The summed E-state index contributed by atoms with van der Waals surface area (Å²) in [6.07, 6.45) is 0.173. The predicted molar refractivity (Wildman–Crippen MR) is 79.5 cm³/mol. The van der Waals surface area contributed by atoms with Gasteiger partial charge in [-0.1, -0.05) is 17.3 Å². The summed E-state index contributed by atoms with van der Waals surface area (Å²) in [5.41, 5.74) is 3.42. The first-order valence-electron chi connectivity index (χ1n) is 6.72. The van der Waals surface area contributed by atoms with E-state index in [9.17, 15) is 9.59 Å². The molecule has 0 unspecified atom stereocenters. The van der Waals surface area contributed by atoms with E-state index in [0.29, 0.717) is 22.7 Å². The van der Waals surface area contributed by atoms with E-state index in [2.05, 4.69) is 10.5 Å². The van der Waals surface area contributed by atoms with Gasteiger partial charge in [0.1, 0.15) is 5.76 Å². The van der Waals surface area contributed by atoms with Gasteiger partial charge in [0.05, 0.1) is 17.8 Å². The van der Waals surface area contributed by atoms with E-state index >= 15 is 0 Å². The van der Waals surface area contributed by atoms with Crippen LogP contribution in [0.1, 0.15) is 39.9 Å². The van der Waals surface area contributed by atoms with E-state index in [0.717, 1.165) is 11.1 Å². The molecule has 0 radical (unpaired) electrons. The van der Waals surface area contributed by atoms with Crippen molar-refractivity contribution in [2.24, 2.45) is 0 Å². The number of ketones is 1. The maximum Gasteiger partial charge on any atom is 0.229 e. The molecule has 2 aromatic rings. The third kappa shape index (κ3) is 3.18. The van der Waals surface area contributed by atoms with Gasteiger partial charge in [-0.2, -0.15) is 0 Å². The van der Waals surface area contributed by atoms with Crippen LogP contribution in [0.25, 0.3) is 0 Å². The zero-order valence-corrected chi connectivity index (χ0v) is 12.6. The van der Waals surface area contributed by atoms with Crippen LogP contribution in [-0.4, -0.2) is 16.8 Å². The Morgan fingerprint density at radius 3 is 2.52 bits per heavy atom. The molecule has 0 aliphatic rings. The molecule has 5 nitrogen and oxygen atoms in total. The van der Waals surface area contributed by atoms with Crippen LogP contribution >= 0.6 is 0 Å². The number of Topliss-reactive ketones (excluding diaryl/α,β-unsaturated/α-hetero) is 1. The number of hydrogen-bond donors (Lipinski definition) is 1. The zero-order chi connectivity index (χ0) is 15.6. The molecule has 5 heteroatoms. The number of anilines is 1. The van der Waals surface area contributed by atoms with Crippen LogP contribution in [0.5, 0.6) is 0 Å². The summed E-state index contributed by atoms with van der Waals surface area (Å²) in [6.45, 7) is 6.91. The summed E-state index contributed by atoms with van der Waals surface area (Å²) in [5.74, 6) is 0.372. The highest BCUT2D eigenvalue weighted by molar-refractivity contribution is 6.05. The van der Waals surface area contributed by atoms with E-state index in [-0.39, 0.29) is 18.1 Å². The van der Waals surface area contributed by atoms with Crippen molar-refractivity contribution in [1.29, 1.82) is 0 Å². The van der Waals surface area contributed by atoms with E-state index in [1.54, 1.807) is 19.9 Å². The van der Waals surface area contributed by atoms with Crippen molar-refractivity contribution in [1.82, 2.24) is 5.16 Å². The van der Waals surface area contributed by atoms with Gasteiger partial charge in [-0.25, -0.2) is 0 Å². The largest absolute Gasteiger partial charge is 0.361 e. The Morgan fingerprint density at radius 1 is 1.24 bits per heavy atom. The third-order valence-corrected chi connectivity index (χ3v) is 3.42. The summed E-state index contributed by atoms with van der Waals surface area (Å²) in [5, 5.41) is 6.62. The number of carbonyl (C=O) groups is 2. The molecule has 110 valence electrons. The van der Waals surface area contributed by atoms with Crippen molar-refractivity contribution in [3.8, 4) is 0 Å². The van der Waals surface area contributed by atoms with Gasteiger partial charge in [-0.3, -0.25) is 9.59 Å². The molecule has 0 bridgehead atoms. The molecule has 2 rings (SSSR count). The van der Waals surface area contributed by atoms with Crippen molar-refractivity contribution in [3.05, 3.63) is 46.3 Å². The molecule has 1 N–H and O–H groups in total. The fourth-order valence-electron chi connectivity index (χ4n) is 2.35. The Hall–Kier alpha value is -2.43. The molecule has 0 spiro atoms. The first kappa shape index (κ1) is 15.0. The molecule has 0 fully saturated rings. The molecule has 0 aliphatic carbocycles. The van der Waals surface area contributed by atoms with Gasteiger partial charge < -0.3 is 9.84 Å². The molecule has 21 heavy (non-hydrogen) atoms. The molecule has 1 aromatic heterocycles. The lowest BCUT2D eigenvalue weighted by atomic mass is 10.0. The Bertz CT molecular complexity index is 682. The number of rotatable bonds is 4. The molecule has 0 aliphatic heterocycles. The minimum atomic E-state index is -0.197. The second kappa shape index (κ2) is 5.91. The molecular formula is C16H18N2O3. The average molecular weight is 286 g/mol. The SMILES string of the molecule is CC(=O)c1c(C)cccc1NC(=O)Cc1c(C)noc1C. The average Bonchev–Trinajstić information content (AvgIpc) is 2.70. The van der Waals surface area contributed by atoms with E-state index in [4.69, 9.17) is 4.52 Å². The van der Waals surface area contributed by atoms with E-state index in [1.165, 1.54) is 6.92 Å². The minimum absolute atomic E-state index is 0.0688. The predicted octanol–water partition coefficient (Wildman–Crippen LogP) is 2.98. The first-order chi connectivity index (χ1) is 9.90. The van der Waals surface area contributed by atoms with Gasteiger partial charge in [0.25, 0.3) is 0 Å². The summed E-state index contributed by atoms with van der Waals surface area (Å²) >= 11 is 0. The Balaban J connectivity index is 2.21. The Kier molecular flexibility index (Phi) is 4.21. The van der Waals surface area contributed by atoms with Crippen molar-refractivity contribution >= 4 is 17.4 Å². The minimum Gasteiger partial charge on any atom is -0.361 e. The van der Waals surface area contributed by atoms with Gasteiger partial charge in [-0.05, 0) is 39.3 Å². The lowest BCUT2D eigenvalue weighted by Crippen LogP contribution is -2.17. The van der Waals surface area contributed by atoms with Crippen LogP contribution in [0.4, 0.5) is 5.69 Å². The lowest BCUT2D eigenvalue weighted by molar-refractivity contribution is -0.115. The van der Waals surface area contributed by atoms with Gasteiger partial charge in [0, 0.05) is 11.1 Å².